The summed E-state index contributed by atoms with van der Waals surface area (Å²) in [4.78, 5) is 15.6. The molecule has 1 amide bonds. The predicted molar refractivity (Wildman–Crippen MR) is 72.1 cm³/mol. The molecule has 0 unspecified atom stereocenters. The van der Waals surface area contributed by atoms with Gasteiger partial charge in [-0.25, -0.2) is 4.79 Å². The molecule has 5 nitrogen and oxygen atoms in total. The van der Waals surface area contributed by atoms with E-state index in [0.29, 0.717) is 6.61 Å². The molecule has 106 valence electrons. The Morgan fingerprint density at radius 2 is 2.00 bits per heavy atom. The number of carbonyl (C=O) groups excluding carboxylic acids is 1. The van der Waals surface area contributed by atoms with Crippen molar-refractivity contribution in [3.05, 3.63) is 23.2 Å². The topological polar surface area (TPSA) is 45.9 Å². The van der Waals surface area contributed by atoms with E-state index in [0.717, 1.165) is 44.2 Å². The SMILES string of the molecule is CCOC(=O)N1CCN(Cc2cc(C)c(C)o2)CC1. The highest BCUT2D eigenvalue weighted by Crippen LogP contribution is 2.16. The van der Waals surface area contributed by atoms with Gasteiger partial charge in [-0.2, -0.15) is 0 Å². The Kier molecular flexibility index (Phi) is 4.47. The summed E-state index contributed by atoms with van der Waals surface area (Å²) in [6.45, 7) is 10.3. The van der Waals surface area contributed by atoms with E-state index in [4.69, 9.17) is 9.15 Å². The van der Waals surface area contributed by atoms with Crippen molar-refractivity contribution in [1.82, 2.24) is 9.80 Å². The zero-order valence-corrected chi connectivity index (χ0v) is 11.9. The third-order valence-electron chi connectivity index (χ3n) is 3.49. The molecule has 1 fully saturated rings. The summed E-state index contributed by atoms with van der Waals surface area (Å²) in [5.41, 5.74) is 1.19. The third-order valence-corrected chi connectivity index (χ3v) is 3.49. The lowest BCUT2D eigenvalue weighted by atomic mass is 10.2. The van der Waals surface area contributed by atoms with Crippen LogP contribution in [0, 0.1) is 13.8 Å². The van der Waals surface area contributed by atoms with Gasteiger partial charge in [-0.1, -0.05) is 0 Å². The number of rotatable bonds is 3. The lowest BCUT2D eigenvalue weighted by Gasteiger charge is -2.33. The number of ether oxygens (including phenoxy) is 1. The summed E-state index contributed by atoms with van der Waals surface area (Å²) in [6.07, 6.45) is -0.202. The first kappa shape index (κ1) is 13.9. The fraction of sp³-hybridized carbons (Fsp3) is 0.643. The number of nitrogens with zero attached hydrogens (tertiary/aromatic N) is 2. The molecule has 0 atom stereocenters. The zero-order valence-electron chi connectivity index (χ0n) is 11.9. The number of carbonyl (C=O) groups is 1. The number of hydrogen-bond acceptors (Lipinski definition) is 4. The number of amides is 1. The predicted octanol–water partition coefficient (Wildman–Crippen LogP) is 2.17. The monoisotopic (exact) mass is 266 g/mol. The van der Waals surface area contributed by atoms with Gasteiger partial charge in [-0.15, -0.1) is 0 Å². The second-order valence-corrected chi connectivity index (χ2v) is 4.91. The molecule has 1 aromatic heterocycles. The second-order valence-electron chi connectivity index (χ2n) is 4.91. The quantitative estimate of drug-likeness (QED) is 0.841. The standard InChI is InChI=1S/C14H22N2O3/c1-4-18-14(17)16-7-5-15(6-8-16)10-13-9-11(2)12(3)19-13/h9H,4-8,10H2,1-3H3. The van der Waals surface area contributed by atoms with Crippen molar-refractivity contribution in [3.63, 3.8) is 0 Å². The van der Waals surface area contributed by atoms with E-state index in [2.05, 4.69) is 17.9 Å². The maximum absolute atomic E-state index is 11.6. The van der Waals surface area contributed by atoms with Crippen LogP contribution in [0.4, 0.5) is 4.79 Å². The highest BCUT2D eigenvalue weighted by atomic mass is 16.6. The summed E-state index contributed by atoms with van der Waals surface area (Å²) < 4.78 is 10.7. The maximum Gasteiger partial charge on any atom is 0.409 e. The van der Waals surface area contributed by atoms with E-state index < -0.39 is 0 Å². The summed E-state index contributed by atoms with van der Waals surface area (Å²) in [5, 5.41) is 0. The van der Waals surface area contributed by atoms with Crippen LogP contribution in [0.5, 0.6) is 0 Å². The Morgan fingerprint density at radius 3 is 2.53 bits per heavy atom. The summed E-state index contributed by atoms with van der Waals surface area (Å²) in [6, 6.07) is 2.09. The van der Waals surface area contributed by atoms with Crippen LogP contribution < -0.4 is 0 Å². The molecule has 5 heteroatoms. The normalized spacial score (nSPS) is 16.7. The molecule has 0 saturated carbocycles. The van der Waals surface area contributed by atoms with Crippen molar-refractivity contribution in [2.75, 3.05) is 32.8 Å². The van der Waals surface area contributed by atoms with Crippen LogP contribution in [-0.4, -0.2) is 48.7 Å². The van der Waals surface area contributed by atoms with Gasteiger partial charge in [0, 0.05) is 26.2 Å². The van der Waals surface area contributed by atoms with Gasteiger partial charge in [-0.05, 0) is 32.4 Å². The summed E-state index contributed by atoms with van der Waals surface area (Å²) in [5.74, 6) is 1.99. The van der Waals surface area contributed by atoms with E-state index in [-0.39, 0.29) is 6.09 Å². The molecular weight excluding hydrogens is 244 g/mol. The molecule has 1 aromatic rings. The Labute approximate surface area is 114 Å². The molecule has 0 aromatic carbocycles. The maximum atomic E-state index is 11.6. The van der Waals surface area contributed by atoms with Crippen LogP contribution in [0.1, 0.15) is 24.0 Å². The molecule has 0 radical (unpaired) electrons. The third kappa shape index (κ3) is 3.50. The molecular formula is C14H22N2O3. The first-order chi connectivity index (χ1) is 9.10. The van der Waals surface area contributed by atoms with Crippen LogP contribution in [0.25, 0.3) is 0 Å². The smallest absolute Gasteiger partial charge is 0.409 e. The number of furan rings is 1. The molecule has 1 saturated heterocycles. The fourth-order valence-electron chi connectivity index (χ4n) is 2.25. The first-order valence-electron chi connectivity index (χ1n) is 6.80. The van der Waals surface area contributed by atoms with Crippen LogP contribution in [0.15, 0.2) is 10.5 Å². The lowest BCUT2D eigenvalue weighted by molar-refractivity contribution is 0.0760. The van der Waals surface area contributed by atoms with Crippen LogP contribution in [0.2, 0.25) is 0 Å². The van der Waals surface area contributed by atoms with Crippen LogP contribution in [0.3, 0.4) is 0 Å². The fourth-order valence-corrected chi connectivity index (χ4v) is 2.25. The zero-order chi connectivity index (χ0) is 13.8. The van der Waals surface area contributed by atoms with Crippen molar-refractivity contribution >= 4 is 6.09 Å². The van der Waals surface area contributed by atoms with Crippen LogP contribution >= 0.6 is 0 Å². The van der Waals surface area contributed by atoms with Gasteiger partial charge in [0.05, 0.1) is 13.2 Å². The average molecular weight is 266 g/mol. The first-order valence-corrected chi connectivity index (χ1v) is 6.80. The average Bonchev–Trinajstić information content (AvgIpc) is 2.69. The Bertz CT molecular complexity index is 414. The lowest BCUT2D eigenvalue weighted by Crippen LogP contribution is -2.48. The highest BCUT2D eigenvalue weighted by Gasteiger charge is 2.22. The molecule has 0 bridgehead atoms. The van der Waals surface area contributed by atoms with E-state index in [1.165, 1.54) is 5.56 Å². The van der Waals surface area contributed by atoms with Gasteiger partial charge in [0.1, 0.15) is 11.5 Å². The van der Waals surface area contributed by atoms with Crippen molar-refractivity contribution < 1.29 is 13.9 Å². The van der Waals surface area contributed by atoms with E-state index in [1.54, 1.807) is 4.90 Å². The molecule has 2 rings (SSSR count). The highest BCUT2D eigenvalue weighted by molar-refractivity contribution is 5.67. The molecule has 19 heavy (non-hydrogen) atoms. The van der Waals surface area contributed by atoms with Gasteiger partial charge < -0.3 is 14.1 Å². The van der Waals surface area contributed by atoms with Crippen LogP contribution in [-0.2, 0) is 11.3 Å². The molecule has 0 aliphatic carbocycles. The van der Waals surface area contributed by atoms with Crippen molar-refractivity contribution in [2.24, 2.45) is 0 Å². The second kappa shape index (κ2) is 6.10. The van der Waals surface area contributed by atoms with E-state index >= 15 is 0 Å². The number of aryl methyl sites for hydroxylation is 2. The number of piperazine rings is 1. The Morgan fingerprint density at radius 1 is 1.32 bits per heavy atom. The molecule has 0 N–H and O–H groups in total. The van der Waals surface area contributed by atoms with Gasteiger partial charge >= 0.3 is 6.09 Å². The van der Waals surface area contributed by atoms with Crippen molar-refractivity contribution in [3.8, 4) is 0 Å². The van der Waals surface area contributed by atoms with Crippen molar-refractivity contribution in [2.45, 2.75) is 27.3 Å². The molecule has 1 aliphatic heterocycles. The van der Waals surface area contributed by atoms with Gasteiger partial charge in [-0.3, -0.25) is 4.90 Å². The molecule has 1 aliphatic rings. The number of hydrogen-bond donors (Lipinski definition) is 0. The minimum absolute atomic E-state index is 0.202. The molecule has 2 heterocycles. The van der Waals surface area contributed by atoms with E-state index in [9.17, 15) is 4.79 Å². The Balaban J connectivity index is 1.82. The van der Waals surface area contributed by atoms with Crippen molar-refractivity contribution in [1.29, 1.82) is 0 Å². The summed E-state index contributed by atoms with van der Waals surface area (Å²) >= 11 is 0. The van der Waals surface area contributed by atoms with Gasteiger partial charge in [0.25, 0.3) is 0 Å². The van der Waals surface area contributed by atoms with Gasteiger partial charge in [0.2, 0.25) is 0 Å². The molecule has 0 spiro atoms. The van der Waals surface area contributed by atoms with Gasteiger partial charge in [0.15, 0.2) is 0 Å². The minimum Gasteiger partial charge on any atom is -0.465 e. The largest absolute Gasteiger partial charge is 0.465 e. The minimum atomic E-state index is -0.202. The summed E-state index contributed by atoms with van der Waals surface area (Å²) in [7, 11) is 0. The Hall–Kier alpha value is -1.49. The van der Waals surface area contributed by atoms with E-state index in [1.807, 2.05) is 13.8 Å².